The molecular formula is C17H17F5N2O5S2. The number of H-pyrrole nitrogens is 1. The number of sulfone groups is 2. The first-order chi connectivity index (χ1) is 14.2. The van der Waals surface area contributed by atoms with Gasteiger partial charge in [0.05, 0.1) is 20.9 Å². The molecule has 0 amide bonds. The van der Waals surface area contributed by atoms with Crippen molar-refractivity contribution in [2.45, 2.75) is 52.5 Å². The van der Waals surface area contributed by atoms with Crippen molar-refractivity contribution < 1.29 is 43.5 Å². The molecule has 2 atom stereocenters. The Kier molecular flexibility index (Phi) is 5.95. The van der Waals surface area contributed by atoms with Crippen LogP contribution in [0.3, 0.4) is 0 Å². The number of rotatable bonds is 5. The molecule has 2 aromatic rings. The Bertz CT molecular complexity index is 1180. The molecule has 1 fully saturated rings. The van der Waals surface area contributed by atoms with E-state index in [1.807, 2.05) is 0 Å². The maximum Gasteiger partial charge on any atom is 0.416 e. The first kappa shape index (κ1) is 23.6. The van der Waals surface area contributed by atoms with Crippen LogP contribution in [0.1, 0.15) is 37.1 Å². The zero-order valence-electron chi connectivity index (χ0n) is 15.9. The molecule has 2 heterocycles. The van der Waals surface area contributed by atoms with Crippen molar-refractivity contribution >= 4 is 19.7 Å². The summed E-state index contributed by atoms with van der Waals surface area (Å²) in [6, 6.07) is 4.18. The lowest BCUT2D eigenvalue weighted by Crippen LogP contribution is -2.42. The van der Waals surface area contributed by atoms with Crippen LogP contribution in [-0.4, -0.2) is 44.1 Å². The minimum atomic E-state index is -4.97. The molecule has 0 saturated carbocycles. The van der Waals surface area contributed by atoms with Crippen LogP contribution in [0, 0.1) is 0 Å². The molecular weight excluding hydrogens is 471 g/mol. The van der Waals surface area contributed by atoms with Gasteiger partial charge in [-0.15, -0.1) is 0 Å². The lowest BCUT2D eigenvalue weighted by atomic mass is 9.95. The summed E-state index contributed by atoms with van der Waals surface area (Å²) >= 11 is 0. The predicted molar refractivity (Wildman–Crippen MR) is 96.7 cm³/mol. The second kappa shape index (κ2) is 7.81. The SMILES string of the molecule is CC1(S(=O)(=O)c2cccc(C(F)(F)F)c2)CCOC(c2cc(S(=O)(=O)C(F)F)n[nH]2)C1. The summed E-state index contributed by atoms with van der Waals surface area (Å²) in [7, 11) is -9.24. The summed E-state index contributed by atoms with van der Waals surface area (Å²) < 4.78 is 118. The molecule has 2 unspecified atom stereocenters. The summed E-state index contributed by atoms with van der Waals surface area (Å²) in [5.41, 5.74) is -1.15. The number of halogens is 5. The number of hydrogen-bond acceptors (Lipinski definition) is 6. The number of hydrogen-bond donors (Lipinski definition) is 1. The average Bonchev–Trinajstić information content (AvgIpc) is 3.18. The highest BCUT2D eigenvalue weighted by molar-refractivity contribution is 7.92. The van der Waals surface area contributed by atoms with Gasteiger partial charge in [0.1, 0.15) is 6.10 Å². The molecule has 0 bridgehead atoms. The highest BCUT2D eigenvalue weighted by atomic mass is 32.2. The number of aromatic amines is 1. The molecule has 1 N–H and O–H groups in total. The van der Waals surface area contributed by atoms with Crippen LogP contribution in [0.2, 0.25) is 0 Å². The van der Waals surface area contributed by atoms with Gasteiger partial charge in [-0.1, -0.05) is 6.07 Å². The van der Waals surface area contributed by atoms with E-state index in [9.17, 15) is 38.8 Å². The third-order valence-electron chi connectivity index (χ3n) is 5.13. The van der Waals surface area contributed by atoms with Gasteiger partial charge in [-0.25, -0.2) is 16.8 Å². The summed E-state index contributed by atoms with van der Waals surface area (Å²) in [4.78, 5) is -0.518. The van der Waals surface area contributed by atoms with Gasteiger partial charge in [-0.2, -0.15) is 27.1 Å². The first-order valence-corrected chi connectivity index (χ1v) is 11.8. The lowest BCUT2D eigenvalue weighted by Gasteiger charge is -2.37. The van der Waals surface area contributed by atoms with Crippen LogP contribution < -0.4 is 0 Å². The molecule has 7 nitrogen and oxygen atoms in total. The largest absolute Gasteiger partial charge is 0.416 e. The molecule has 1 aromatic heterocycles. The fourth-order valence-electron chi connectivity index (χ4n) is 3.26. The Hall–Kier alpha value is -2.06. The Morgan fingerprint density at radius 2 is 1.87 bits per heavy atom. The molecule has 0 spiro atoms. The van der Waals surface area contributed by atoms with E-state index in [-0.39, 0.29) is 25.1 Å². The van der Waals surface area contributed by atoms with Crippen LogP contribution in [0.25, 0.3) is 0 Å². The number of nitrogens with one attached hydrogen (secondary N) is 1. The Balaban J connectivity index is 1.93. The van der Waals surface area contributed by atoms with Gasteiger partial charge in [0.15, 0.2) is 14.9 Å². The van der Waals surface area contributed by atoms with E-state index in [0.29, 0.717) is 6.07 Å². The van der Waals surface area contributed by atoms with E-state index < -0.39 is 57.9 Å². The summed E-state index contributed by atoms with van der Waals surface area (Å²) in [6.07, 6.45) is -6.08. The van der Waals surface area contributed by atoms with E-state index in [4.69, 9.17) is 4.74 Å². The third-order valence-corrected chi connectivity index (χ3v) is 8.94. The third kappa shape index (κ3) is 4.32. The van der Waals surface area contributed by atoms with Crippen molar-refractivity contribution in [2.24, 2.45) is 0 Å². The first-order valence-electron chi connectivity index (χ1n) is 8.79. The van der Waals surface area contributed by atoms with Crippen LogP contribution in [0.5, 0.6) is 0 Å². The van der Waals surface area contributed by atoms with Crippen LogP contribution >= 0.6 is 0 Å². The highest BCUT2D eigenvalue weighted by Crippen LogP contribution is 2.42. The molecule has 1 aliphatic heterocycles. The van der Waals surface area contributed by atoms with Gasteiger partial charge in [0.25, 0.3) is 9.84 Å². The quantitative estimate of drug-likeness (QED) is 0.646. The van der Waals surface area contributed by atoms with Crippen LogP contribution in [0.15, 0.2) is 40.3 Å². The maximum atomic E-state index is 13.2. The van der Waals surface area contributed by atoms with Crippen molar-refractivity contribution in [3.8, 4) is 0 Å². The molecule has 3 rings (SSSR count). The molecule has 31 heavy (non-hydrogen) atoms. The second-order valence-corrected chi connectivity index (χ2v) is 11.6. The van der Waals surface area contributed by atoms with Crippen LogP contribution in [-0.2, 0) is 30.6 Å². The van der Waals surface area contributed by atoms with Crippen molar-refractivity contribution in [2.75, 3.05) is 6.61 Å². The number of aromatic nitrogens is 2. The fourth-order valence-corrected chi connectivity index (χ4v) is 5.74. The zero-order valence-corrected chi connectivity index (χ0v) is 17.5. The number of ether oxygens (including phenoxy) is 1. The molecule has 14 heteroatoms. The van der Waals surface area contributed by atoms with Gasteiger partial charge in [-0.3, -0.25) is 5.10 Å². The normalized spacial score (nSPS) is 23.3. The Labute approximate surface area is 174 Å². The minimum Gasteiger partial charge on any atom is -0.372 e. The molecule has 0 aliphatic carbocycles. The van der Waals surface area contributed by atoms with Gasteiger partial charge < -0.3 is 4.74 Å². The van der Waals surface area contributed by atoms with Gasteiger partial charge in [0.2, 0.25) is 0 Å². The van der Waals surface area contributed by atoms with Gasteiger partial charge >= 0.3 is 11.9 Å². The van der Waals surface area contributed by atoms with E-state index in [1.165, 1.54) is 6.92 Å². The molecule has 0 radical (unpaired) electrons. The topological polar surface area (TPSA) is 106 Å². The lowest BCUT2D eigenvalue weighted by molar-refractivity contribution is -0.137. The molecule has 1 aliphatic rings. The van der Waals surface area contributed by atoms with Crippen LogP contribution in [0.4, 0.5) is 22.0 Å². The van der Waals surface area contributed by atoms with Crippen molar-refractivity contribution in [1.82, 2.24) is 10.2 Å². The Morgan fingerprint density at radius 3 is 2.48 bits per heavy atom. The Morgan fingerprint density at radius 1 is 1.19 bits per heavy atom. The second-order valence-electron chi connectivity index (χ2n) is 7.26. The fraction of sp³-hybridized carbons (Fsp3) is 0.471. The number of nitrogens with zero attached hydrogens (tertiary/aromatic N) is 1. The molecule has 1 saturated heterocycles. The van der Waals surface area contributed by atoms with Crippen molar-refractivity contribution in [1.29, 1.82) is 0 Å². The van der Waals surface area contributed by atoms with E-state index in [0.717, 1.165) is 24.3 Å². The zero-order chi connectivity index (χ0) is 23.2. The predicted octanol–water partition coefficient (Wildman–Crippen LogP) is 3.51. The van der Waals surface area contributed by atoms with E-state index >= 15 is 0 Å². The van der Waals surface area contributed by atoms with Gasteiger partial charge in [0, 0.05) is 12.7 Å². The number of benzene rings is 1. The van der Waals surface area contributed by atoms with Gasteiger partial charge in [-0.05, 0) is 38.0 Å². The monoisotopic (exact) mass is 488 g/mol. The standard InChI is InChI=1S/C17H17F5N2O5S2/c1-16(31(27,28)11-4-2-3-10(7-11)17(20,21)22)5-6-29-13(9-16)12-8-14(24-23-12)30(25,26)15(18)19/h2-4,7-8,13,15H,5-6,9H2,1H3,(H,23,24). The van der Waals surface area contributed by atoms with E-state index in [2.05, 4.69) is 10.2 Å². The van der Waals surface area contributed by atoms with E-state index in [1.54, 1.807) is 0 Å². The molecule has 172 valence electrons. The minimum absolute atomic E-state index is 0.0376. The summed E-state index contributed by atoms with van der Waals surface area (Å²) in [6.45, 7) is 1.22. The summed E-state index contributed by atoms with van der Waals surface area (Å²) in [5, 5.41) is 4.68. The summed E-state index contributed by atoms with van der Waals surface area (Å²) in [5.74, 6) is -3.69. The number of alkyl halides is 5. The smallest absolute Gasteiger partial charge is 0.372 e. The maximum absolute atomic E-state index is 13.2. The molecule has 1 aromatic carbocycles. The average molecular weight is 488 g/mol. The highest BCUT2D eigenvalue weighted by Gasteiger charge is 2.46. The van der Waals surface area contributed by atoms with Crippen molar-refractivity contribution in [3.05, 3.63) is 41.6 Å². The van der Waals surface area contributed by atoms with Crippen molar-refractivity contribution in [3.63, 3.8) is 0 Å².